The van der Waals surface area contributed by atoms with Gasteiger partial charge in [-0.05, 0) is 5.92 Å². The van der Waals surface area contributed by atoms with Gasteiger partial charge in [0.15, 0.2) is 0 Å². The van der Waals surface area contributed by atoms with E-state index in [9.17, 15) is 0 Å². The fourth-order valence-corrected chi connectivity index (χ4v) is 0.551. The Morgan fingerprint density at radius 3 is 2.12 bits per heavy atom. The number of rotatable bonds is 2. The molecule has 0 aromatic heterocycles. The van der Waals surface area contributed by atoms with E-state index in [0.717, 1.165) is 0 Å². The largest absolute Gasteiger partial charge is 0.300 e. The second-order valence-corrected chi connectivity index (χ2v) is 3.15. The van der Waals surface area contributed by atoms with Crippen LogP contribution in [0.15, 0.2) is 4.99 Å². The quantitative estimate of drug-likeness (QED) is 0.453. The van der Waals surface area contributed by atoms with E-state index in [0.29, 0.717) is 10.7 Å². The van der Waals surface area contributed by atoms with Gasteiger partial charge >= 0.3 is 0 Å². The van der Waals surface area contributed by atoms with Crippen molar-refractivity contribution in [1.82, 2.24) is 0 Å². The van der Waals surface area contributed by atoms with Gasteiger partial charge in [-0.1, -0.05) is 29.8 Å². The maximum absolute atomic E-state index is 3.88. The van der Waals surface area contributed by atoms with Gasteiger partial charge in [0, 0.05) is 13.3 Å². The first kappa shape index (κ1) is 8.15. The number of halogens is 1. The Morgan fingerprint density at radius 2 is 2.00 bits per heavy atom. The number of alkyl halides is 1. The summed E-state index contributed by atoms with van der Waals surface area (Å²) in [6, 6.07) is 0. The molecule has 0 N–H and O–H groups in total. The Labute approximate surface area is 59.3 Å². The van der Waals surface area contributed by atoms with Crippen molar-refractivity contribution in [2.24, 2.45) is 10.9 Å². The molecule has 0 spiro atoms. The van der Waals surface area contributed by atoms with E-state index in [2.05, 4.69) is 34.8 Å². The minimum Gasteiger partial charge on any atom is -0.300 e. The van der Waals surface area contributed by atoms with Crippen molar-refractivity contribution >= 4 is 22.1 Å². The average molecular weight is 178 g/mol. The first-order chi connectivity index (χ1) is 3.68. The van der Waals surface area contributed by atoms with Crippen molar-refractivity contribution in [2.45, 2.75) is 18.7 Å². The highest BCUT2D eigenvalue weighted by atomic mass is 79.9. The maximum atomic E-state index is 3.88. The lowest BCUT2D eigenvalue weighted by molar-refractivity contribution is 0.710. The van der Waals surface area contributed by atoms with Gasteiger partial charge in [0.25, 0.3) is 0 Å². The van der Waals surface area contributed by atoms with E-state index in [1.54, 1.807) is 7.05 Å². The summed E-state index contributed by atoms with van der Waals surface area (Å²) in [6.07, 6.45) is 1.91. The van der Waals surface area contributed by atoms with E-state index in [1.165, 1.54) is 0 Å². The molecule has 0 rings (SSSR count). The zero-order valence-electron chi connectivity index (χ0n) is 5.56. The monoisotopic (exact) mass is 177 g/mol. The van der Waals surface area contributed by atoms with Crippen LogP contribution in [0.25, 0.3) is 0 Å². The lowest BCUT2D eigenvalue weighted by Gasteiger charge is -2.05. The standard InChI is InChI=1S/C6H12BrN/c1-5(2)6(7)4-8-3/h4-6H,1-3H3. The molecular weight excluding hydrogens is 166 g/mol. The van der Waals surface area contributed by atoms with Crippen LogP contribution in [-0.2, 0) is 0 Å². The molecule has 0 radical (unpaired) electrons. The van der Waals surface area contributed by atoms with Gasteiger partial charge < -0.3 is 0 Å². The van der Waals surface area contributed by atoms with Gasteiger partial charge in [-0.2, -0.15) is 0 Å². The normalized spacial score (nSPS) is 15.6. The van der Waals surface area contributed by atoms with Crippen LogP contribution in [0.2, 0.25) is 0 Å². The third-order valence-electron chi connectivity index (χ3n) is 0.928. The van der Waals surface area contributed by atoms with E-state index >= 15 is 0 Å². The molecule has 1 nitrogen and oxygen atoms in total. The topological polar surface area (TPSA) is 12.4 Å². The van der Waals surface area contributed by atoms with Gasteiger partial charge in [0.1, 0.15) is 0 Å². The summed E-state index contributed by atoms with van der Waals surface area (Å²) in [5.74, 6) is 0.638. The minimum absolute atomic E-state index is 0.437. The van der Waals surface area contributed by atoms with Gasteiger partial charge in [-0.3, -0.25) is 4.99 Å². The molecule has 0 aromatic rings. The average Bonchev–Trinajstić information content (AvgIpc) is 1.67. The molecule has 1 unspecified atom stereocenters. The van der Waals surface area contributed by atoms with Crippen LogP contribution in [0.1, 0.15) is 13.8 Å². The molecule has 0 amide bonds. The lowest BCUT2D eigenvalue weighted by Crippen LogP contribution is -2.07. The van der Waals surface area contributed by atoms with Gasteiger partial charge in [0.05, 0.1) is 4.83 Å². The third-order valence-corrected chi connectivity index (χ3v) is 2.22. The molecule has 0 saturated heterocycles. The Bertz CT molecular complexity index is 78.6. The van der Waals surface area contributed by atoms with Crippen LogP contribution in [0.5, 0.6) is 0 Å². The number of aliphatic imine (C=N–C) groups is 1. The molecule has 0 aliphatic rings. The zero-order valence-corrected chi connectivity index (χ0v) is 7.14. The lowest BCUT2D eigenvalue weighted by atomic mass is 10.1. The molecule has 0 bridgehead atoms. The number of nitrogens with zero attached hydrogens (tertiary/aromatic N) is 1. The van der Waals surface area contributed by atoms with Crippen LogP contribution in [0.3, 0.4) is 0 Å². The first-order valence-electron chi connectivity index (χ1n) is 2.74. The maximum Gasteiger partial charge on any atom is 0.0517 e. The fraction of sp³-hybridized carbons (Fsp3) is 0.833. The zero-order chi connectivity index (χ0) is 6.57. The molecule has 0 fully saturated rings. The first-order valence-corrected chi connectivity index (χ1v) is 3.66. The molecule has 0 aliphatic heterocycles. The smallest absolute Gasteiger partial charge is 0.0517 e. The Hall–Kier alpha value is 0.150. The molecule has 8 heavy (non-hydrogen) atoms. The van der Waals surface area contributed by atoms with Crippen LogP contribution >= 0.6 is 15.9 Å². The summed E-state index contributed by atoms with van der Waals surface area (Å²) in [5.41, 5.74) is 0. The van der Waals surface area contributed by atoms with E-state index < -0.39 is 0 Å². The molecule has 0 aliphatic carbocycles. The summed E-state index contributed by atoms with van der Waals surface area (Å²) in [5, 5.41) is 0. The molecule has 2 heteroatoms. The third kappa shape index (κ3) is 3.19. The molecule has 0 aromatic carbocycles. The van der Waals surface area contributed by atoms with E-state index in [4.69, 9.17) is 0 Å². The number of hydrogen-bond donors (Lipinski definition) is 0. The number of hydrogen-bond acceptors (Lipinski definition) is 1. The second kappa shape index (κ2) is 4.07. The highest BCUT2D eigenvalue weighted by molar-refractivity contribution is 9.10. The van der Waals surface area contributed by atoms with Crippen molar-refractivity contribution in [2.75, 3.05) is 7.05 Å². The molecule has 0 saturated carbocycles. The van der Waals surface area contributed by atoms with Crippen LogP contribution in [-0.4, -0.2) is 18.1 Å². The van der Waals surface area contributed by atoms with E-state index in [1.807, 2.05) is 6.21 Å². The van der Waals surface area contributed by atoms with Gasteiger partial charge in [0.2, 0.25) is 0 Å². The summed E-state index contributed by atoms with van der Waals surface area (Å²) < 4.78 is 0. The van der Waals surface area contributed by atoms with Crippen molar-refractivity contribution in [3.8, 4) is 0 Å². The molecule has 1 atom stereocenters. The predicted molar refractivity (Wildman–Crippen MR) is 42.0 cm³/mol. The minimum atomic E-state index is 0.437. The molecule has 0 heterocycles. The summed E-state index contributed by atoms with van der Waals surface area (Å²) >= 11 is 3.45. The van der Waals surface area contributed by atoms with Crippen LogP contribution in [0.4, 0.5) is 0 Å². The van der Waals surface area contributed by atoms with E-state index in [-0.39, 0.29) is 0 Å². The fourth-order valence-electron chi connectivity index (χ4n) is 0.315. The highest BCUT2D eigenvalue weighted by Crippen LogP contribution is 2.08. The van der Waals surface area contributed by atoms with Crippen LogP contribution in [0, 0.1) is 5.92 Å². The Balaban J connectivity index is 3.47. The van der Waals surface area contributed by atoms with Gasteiger partial charge in [-0.15, -0.1) is 0 Å². The predicted octanol–water partition coefficient (Wildman–Crippen LogP) is 2.11. The van der Waals surface area contributed by atoms with Crippen molar-refractivity contribution in [3.05, 3.63) is 0 Å². The summed E-state index contributed by atoms with van der Waals surface area (Å²) in [6.45, 7) is 4.31. The second-order valence-electron chi connectivity index (χ2n) is 2.10. The van der Waals surface area contributed by atoms with Crippen molar-refractivity contribution < 1.29 is 0 Å². The summed E-state index contributed by atoms with van der Waals surface area (Å²) in [4.78, 5) is 4.32. The van der Waals surface area contributed by atoms with Crippen LogP contribution < -0.4 is 0 Å². The Morgan fingerprint density at radius 1 is 1.50 bits per heavy atom. The summed E-state index contributed by atoms with van der Waals surface area (Å²) in [7, 11) is 1.79. The SMILES string of the molecule is CN=CC(Br)C(C)C. The molecule has 48 valence electrons. The molecular formula is C6H12BrN. The Kier molecular flexibility index (Phi) is 4.15. The highest BCUT2D eigenvalue weighted by Gasteiger charge is 2.02. The van der Waals surface area contributed by atoms with Gasteiger partial charge in [-0.25, -0.2) is 0 Å². The van der Waals surface area contributed by atoms with Crippen molar-refractivity contribution in [1.29, 1.82) is 0 Å². The van der Waals surface area contributed by atoms with Crippen molar-refractivity contribution in [3.63, 3.8) is 0 Å².